The molecule has 1 fully saturated rings. The van der Waals surface area contributed by atoms with Gasteiger partial charge in [0.05, 0.1) is 18.8 Å². The van der Waals surface area contributed by atoms with Crippen LogP contribution in [0.5, 0.6) is 0 Å². The first-order valence-electron chi connectivity index (χ1n) is 5.90. The zero-order chi connectivity index (χ0) is 10.8. The second kappa shape index (κ2) is 4.22. The molecule has 1 unspecified atom stereocenters. The number of rotatable bonds is 2. The molecule has 0 spiro atoms. The molecule has 2 heterocycles. The summed E-state index contributed by atoms with van der Waals surface area (Å²) in [5.74, 6) is 0. The lowest BCUT2D eigenvalue weighted by Gasteiger charge is -2.24. The lowest BCUT2D eigenvalue weighted by atomic mass is 10.1. The molecule has 0 radical (unpaired) electrons. The van der Waals surface area contributed by atoms with Gasteiger partial charge >= 0.3 is 0 Å². The Morgan fingerprint density at radius 2 is 2.31 bits per heavy atom. The Morgan fingerprint density at radius 3 is 3.19 bits per heavy atom. The molecule has 0 amide bonds. The van der Waals surface area contributed by atoms with Gasteiger partial charge in [0.2, 0.25) is 0 Å². The summed E-state index contributed by atoms with van der Waals surface area (Å²) >= 11 is 0. The highest BCUT2D eigenvalue weighted by molar-refractivity contribution is 5.45. The van der Waals surface area contributed by atoms with Crippen LogP contribution in [-0.4, -0.2) is 24.1 Å². The molecule has 0 aromatic heterocycles. The first-order valence-corrected chi connectivity index (χ1v) is 5.90. The third kappa shape index (κ3) is 1.93. The number of nitrogens with zero attached hydrogens (tertiary/aromatic N) is 3. The Balaban J connectivity index is 1.68. The van der Waals surface area contributed by atoms with Gasteiger partial charge in [0, 0.05) is 11.6 Å². The molecule has 1 atom stereocenters. The van der Waals surface area contributed by atoms with E-state index in [2.05, 4.69) is 32.8 Å². The number of hydrogen-bond acceptors (Lipinski definition) is 4. The van der Waals surface area contributed by atoms with Crippen LogP contribution in [0.25, 0.3) is 0 Å². The predicted octanol–water partition coefficient (Wildman–Crippen LogP) is 2.25. The minimum atomic E-state index is 0.587. The summed E-state index contributed by atoms with van der Waals surface area (Å²) in [4.78, 5) is 0. The molecule has 0 aliphatic carbocycles. The summed E-state index contributed by atoms with van der Waals surface area (Å²) in [5.41, 5.74) is 2.29. The van der Waals surface area contributed by atoms with Gasteiger partial charge in [-0.1, -0.05) is 23.4 Å². The summed E-state index contributed by atoms with van der Waals surface area (Å²) in [7, 11) is 0. The van der Waals surface area contributed by atoms with Gasteiger partial charge in [-0.2, -0.15) is 0 Å². The van der Waals surface area contributed by atoms with Crippen LogP contribution in [0.4, 0.5) is 5.69 Å². The summed E-state index contributed by atoms with van der Waals surface area (Å²) in [6, 6.07) is 8.80. The fourth-order valence-corrected chi connectivity index (χ4v) is 2.35. The van der Waals surface area contributed by atoms with Crippen LogP contribution < -0.4 is 5.32 Å². The molecule has 4 nitrogen and oxygen atoms in total. The lowest BCUT2D eigenvalue weighted by molar-refractivity contribution is 0.230. The first kappa shape index (κ1) is 9.78. The lowest BCUT2D eigenvalue weighted by Crippen LogP contribution is -2.34. The van der Waals surface area contributed by atoms with E-state index in [1.54, 1.807) is 0 Å². The van der Waals surface area contributed by atoms with Crippen LogP contribution in [0.3, 0.4) is 0 Å². The zero-order valence-corrected chi connectivity index (χ0v) is 9.26. The molecule has 4 heteroatoms. The number of hydrogen-bond donors (Lipinski definition) is 1. The van der Waals surface area contributed by atoms with Crippen molar-refractivity contribution in [1.29, 1.82) is 0 Å². The molecule has 1 aromatic carbocycles. The van der Waals surface area contributed by atoms with Gasteiger partial charge in [-0.05, 0) is 25.5 Å². The molecule has 1 saturated heterocycles. The topological polar surface area (TPSA) is 40.0 Å². The Hall–Kier alpha value is -1.42. The maximum absolute atomic E-state index is 4.25. The molecule has 3 rings (SSSR count). The maximum atomic E-state index is 4.25. The molecular weight excluding hydrogens is 200 g/mol. The van der Waals surface area contributed by atoms with Gasteiger partial charge in [-0.25, -0.2) is 0 Å². The van der Waals surface area contributed by atoms with Gasteiger partial charge in [-0.15, -0.1) is 5.11 Å². The molecule has 2 aliphatic rings. The summed E-state index contributed by atoms with van der Waals surface area (Å²) < 4.78 is 0. The molecular formula is C12H16N4. The second-order valence-corrected chi connectivity index (χ2v) is 4.46. The van der Waals surface area contributed by atoms with E-state index < -0.39 is 0 Å². The normalized spacial score (nSPS) is 23.5. The van der Waals surface area contributed by atoms with Crippen LogP contribution in [-0.2, 0) is 6.54 Å². The van der Waals surface area contributed by atoms with Crippen LogP contribution in [0.1, 0.15) is 18.4 Å². The van der Waals surface area contributed by atoms with Crippen molar-refractivity contribution in [3.63, 3.8) is 0 Å². The highest BCUT2D eigenvalue weighted by atomic mass is 15.6. The SMILES string of the molecule is c1ccc2c(c1)CN(CC1CCCN1)N=N2. The van der Waals surface area contributed by atoms with Crippen molar-refractivity contribution < 1.29 is 0 Å². The minimum absolute atomic E-state index is 0.587. The predicted molar refractivity (Wildman–Crippen MR) is 62.4 cm³/mol. The minimum Gasteiger partial charge on any atom is -0.312 e. The molecule has 2 aliphatic heterocycles. The van der Waals surface area contributed by atoms with E-state index >= 15 is 0 Å². The van der Waals surface area contributed by atoms with Crippen molar-refractivity contribution in [3.05, 3.63) is 29.8 Å². The maximum Gasteiger partial charge on any atom is 0.0924 e. The summed E-state index contributed by atoms with van der Waals surface area (Å²) in [6.45, 7) is 3.00. The van der Waals surface area contributed by atoms with E-state index in [-0.39, 0.29) is 0 Å². The van der Waals surface area contributed by atoms with E-state index in [9.17, 15) is 0 Å². The van der Waals surface area contributed by atoms with Gasteiger partial charge in [-0.3, -0.25) is 5.01 Å². The average molecular weight is 216 g/mol. The molecule has 84 valence electrons. The fraction of sp³-hybridized carbons (Fsp3) is 0.500. The molecule has 16 heavy (non-hydrogen) atoms. The van der Waals surface area contributed by atoms with E-state index in [4.69, 9.17) is 0 Å². The summed E-state index contributed by atoms with van der Waals surface area (Å²) in [5, 5.41) is 14.0. The first-order chi connectivity index (χ1) is 7.92. The third-order valence-electron chi connectivity index (χ3n) is 3.22. The van der Waals surface area contributed by atoms with E-state index in [1.165, 1.54) is 18.4 Å². The Morgan fingerprint density at radius 1 is 1.38 bits per heavy atom. The third-order valence-corrected chi connectivity index (χ3v) is 3.22. The Kier molecular flexibility index (Phi) is 2.58. The van der Waals surface area contributed by atoms with E-state index in [0.29, 0.717) is 6.04 Å². The highest BCUT2D eigenvalue weighted by Crippen LogP contribution is 2.25. The Labute approximate surface area is 95.3 Å². The van der Waals surface area contributed by atoms with E-state index in [1.807, 2.05) is 12.1 Å². The van der Waals surface area contributed by atoms with Gasteiger partial charge in [0.1, 0.15) is 0 Å². The monoisotopic (exact) mass is 216 g/mol. The molecule has 1 N–H and O–H groups in total. The highest BCUT2D eigenvalue weighted by Gasteiger charge is 2.19. The molecule has 1 aromatic rings. The van der Waals surface area contributed by atoms with E-state index in [0.717, 1.165) is 25.3 Å². The van der Waals surface area contributed by atoms with Gasteiger partial charge in [0.25, 0.3) is 0 Å². The van der Waals surface area contributed by atoms with Crippen LogP contribution >= 0.6 is 0 Å². The Bertz CT molecular complexity index is 396. The van der Waals surface area contributed by atoms with Crippen molar-refractivity contribution in [1.82, 2.24) is 10.3 Å². The van der Waals surface area contributed by atoms with Crippen molar-refractivity contribution in [2.75, 3.05) is 13.1 Å². The van der Waals surface area contributed by atoms with Crippen molar-refractivity contribution in [2.24, 2.45) is 10.3 Å². The van der Waals surface area contributed by atoms with Crippen molar-refractivity contribution >= 4 is 5.69 Å². The summed E-state index contributed by atoms with van der Waals surface area (Å²) in [6.07, 6.45) is 2.54. The fourth-order valence-electron chi connectivity index (χ4n) is 2.35. The van der Waals surface area contributed by atoms with Crippen LogP contribution in [0, 0.1) is 0 Å². The second-order valence-electron chi connectivity index (χ2n) is 4.46. The van der Waals surface area contributed by atoms with Crippen molar-refractivity contribution in [3.8, 4) is 0 Å². The molecule has 0 bridgehead atoms. The van der Waals surface area contributed by atoms with Crippen LogP contribution in [0.15, 0.2) is 34.6 Å². The standard InChI is InChI=1S/C12H16N4/c1-2-6-12-10(4-1)8-16(15-14-12)9-11-5-3-7-13-11/h1-2,4,6,11,13H,3,5,7-9H2. The largest absolute Gasteiger partial charge is 0.312 e. The average Bonchev–Trinajstić information content (AvgIpc) is 2.82. The molecule has 0 saturated carbocycles. The van der Waals surface area contributed by atoms with Crippen molar-refractivity contribution in [2.45, 2.75) is 25.4 Å². The number of fused-ring (bicyclic) bond motifs is 1. The quantitative estimate of drug-likeness (QED) is 0.823. The number of benzene rings is 1. The number of nitrogens with one attached hydrogen (secondary N) is 1. The van der Waals surface area contributed by atoms with Gasteiger partial charge in [0.15, 0.2) is 0 Å². The zero-order valence-electron chi connectivity index (χ0n) is 9.26. The smallest absolute Gasteiger partial charge is 0.0924 e. The van der Waals surface area contributed by atoms with Crippen LogP contribution in [0.2, 0.25) is 0 Å². The van der Waals surface area contributed by atoms with Gasteiger partial charge < -0.3 is 5.32 Å².